The summed E-state index contributed by atoms with van der Waals surface area (Å²) in [6.45, 7) is 2.48. The summed E-state index contributed by atoms with van der Waals surface area (Å²) in [4.78, 5) is 0. The lowest BCUT2D eigenvalue weighted by atomic mass is 9.99. The second kappa shape index (κ2) is 5.27. The minimum atomic E-state index is -0.477. The van der Waals surface area contributed by atoms with Crippen molar-refractivity contribution in [3.8, 4) is 5.75 Å². The zero-order valence-electron chi connectivity index (χ0n) is 10.9. The van der Waals surface area contributed by atoms with Crippen molar-refractivity contribution in [3.63, 3.8) is 0 Å². The average molecular weight is 311 g/mol. The van der Waals surface area contributed by atoms with Crippen LogP contribution in [0, 0.1) is 12.7 Å². The first-order chi connectivity index (χ1) is 9.54. The van der Waals surface area contributed by atoms with E-state index >= 15 is 0 Å². The maximum absolute atomic E-state index is 13.5. The van der Waals surface area contributed by atoms with Crippen molar-refractivity contribution in [3.05, 3.63) is 63.4 Å². The van der Waals surface area contributed by atoms with Crippen LogP contribution in [0.25, 0.3) is 0 Å². The van der Waals surface area contributed by atoms with Crippen LogP contribution in [-0.4, -0.2) is 6.61 Å². The third kappa shape index (κ3) is 2.50. The smallest absolute Gasteiger partial charge is 0.127 e. The molecule has 1 atom stereocenters. The van der Waals surface area contributed by atoms with Crippen molar-refractivity contribution in [2.75, 3.05) is 6.61 Å². The van der Waals surface area contributed by atoms with Gasteiger partial charge in [0.05, 0.1) is 12.0 Å². The quantitative estimate of drug-likeness (QED) is 0.705. The van der Waals surface area contributed by atoms with Gasteiger partial charge in [-0.25, -0.2) is 4.39 Å². The zero-order valence-corrected chi connectivity index (χ0v) is 12.4. The van der Waals surface area contributed by atoms with Crippen LogP contribution in [0.5, 0.6) is 5.75 Å². The Morgan fingerprint density at radius 2 is 2.00 bits per heavy atom. The molecule has 0 fully saturated rings. The first-order valence-corrected chi connectivity index (χ1v) is 7.22. The van der Waals surface area contributed by atoms with Crippen molar-refractivity contribution in [1.82, 2.24) is 0 Å². The molecule has 2 aromatic carbocycles. The van der Waals surface area contributed by atoms with Gasteiger partial charge in [0.15, 0.2) is 0 Å². The summed E-state index contributed by atoms with van der Waals surface area (Å²) in [5, 5.41) is 0.151. The Morgan fingerprint density at radius 3 is 2.75 bits per heavy atom. The molecule has 4 heteroatoms. The van der Waals surface area contributed by atoms with Crippen LogP contribution in [-0.2, 0) is 6.42 Å². The molecule has 1 aliphatic heterocycles. The largest absolute Gasteiger partial charge is 0.493 e. The van der Waals surface area contributed by atoms with Gasteiger partial charge in [0.25, 0.3) is 0 Å². The van der Waals surface area contributed by atoms with E-state index < -0.39 is 5.38 Å². The van der Waals surface area contributed by atoms with Gasteiger partial charge >= 0.3 is 0 Å². The van der Waals surface area contributed by atoms with Gasteiger partial charge < -0.3 is 4.74 Å². The summed E-state index contributed by atoms with van der Waals surface area (Å²) in [5.74, 6) is 0.501. The number of ether oxygens (including phenoxy) is 1. The van der Waals surface area contributed by atoms with E-state index in [1.165, 1.54) is 12.1 Å². The molecule has 20 heavy (non-hydrogen) atoms. The van der Waals surface area contributed by atoms with Gasteiger partial charge in [-0.3, -0.25) is 0 Å². The van der Waals surface area contributed by atoms with E-state index in [1.54, 1.807) is 6.07 Å². The van der Waals surface area contributed by atoms with E-state index in [2.05, 4.69) is 0 Å². The predicted molar refractivity (Wildman–Crippen MR) is 79.5 cm³/mol. The first-order valence-electron chi connectivity index (χ1n) is 6.41. The van der Waals surface area contributed by atoms with Gasteiger partial charge in [0.2, 0.25) is 0 Å². The van der Waals surface area contributed by atoms with Crippen LogP contribution in [0.4, 0.5) is 4.39 Å². The monoisotopic (exact) mass is 310 g/mol. The van der Waals surface area contributed by atoms with E-state index in [9.17, 15) is 4.39 Å². The van der Waals surface area contributed by atoms with Crippen LogP contribution in [0.3, 0.4) is 0 Å². The maximum atomic E-state index is 13.5. The Balaban J connectivity index is 2.08. The molecule has 1 aliphatic rings. The molecule has 0 saturated carbocycles. The van der Waals surface area contributed by atoms with Crippen LogP contribution >= 0.6 is 23.2 Å². The lowest BCUT2D eigenvalue weighted by molar-refractivity contribution is 0.353. The van der Waals surface area contributed by atoms with Crippen molar-refractivity contribution in [2.45, 2.75) is 18.7 Å². The third-order valence-electron chi connectivity index (χ3n) is 3.41. The Labute approximate surface area is 127 Å². The summed E-state index contributed by atoms with van der Waals surface area (Å²) in [7, 11) is 0. The average Bonchev–Trinajstić information content (AvgIpc) is 2.83. The summed E-state index contributed by atoms with van der Waals surface area (Å²) in [6, 6.07) is 8.50. The lowest BCUT2D eigenvalue weighted by Gasteiger charge is -2.15. The number of alkyl halides is 1. The fraction of sp³-hybridized carbons (Fsp3) is 0.250. The molecule has 0 saturated heterocycles. The fourth-order valence-corrected chi connectivity index (χ4v) is 3.11. The Hall–Kier alpha value is -1.25. The van der Waals surface area contributed by atoms with Gasteiger partial charge in [-0.2, -0.15) is 0 Å². The number of hydrogen-bond acceptors (Lipinski definition) is 1. The van der Waals surface area contributed by atoms with E-state index in [0.29, 0.717) is 17.2 Å². The van der Waals surface area contributed by atoms with E-state index in [-0.39, 0.29) is 5.82 Å². The molecule has 104 valence electrons. The van der Waals surface area contributed by atoms with E-state index in [4.69, 9.17) is 27.9 Å². The standard InChI is InChI=1S/C16H13Cl2FO/c1-9-4-11(7-13(19)5-9)15(18)14-8-12(17)6-10-2-3-20-16(10)14/h4-8,15H,2-3H2,1H3. The van der Waals surface area contributed by atoms with Crippen molar-refractivity contribution < 1.29 is 9.13 Å². The zero-order chi connectivity index (χ0) is 14.3. The molecule has 0 bridgehead atoms. The number of rotatable bonds is 2. The summed E-state index contributed by atoms with van der Waals surface area (Å²) >= 11 is 12.7. The molecule has 0 spiro atoms. The van der Waals surface area contributed by atoms with Crippen LogP contribution in [0.2, 0.25) is 5.02 Å². The molecule has 0 amide bonds. The Bertz CT molecular complexity index is 650. The highest BCUT2D eigenvalue weighted by atomic mass is 35.5. The van der Waals surface area contributed by atoms with Crippen molar-refractivity contribution in [2.24, 2.45) is 0 Å². The highest BCUT2D eigenvalue weighted by Crippen LogP contribution is 2.41. The molecule has 1 unspecified atom stereocenters. The van der Waals surface area contributed by atoms with Gasteiger partial charge in [-0.05, 0) is 47.9 Å². The molecular formula is C16H13Cl2FO. The SMILES string of the molecule is Cc1cc(F)cc(C(Cl)c2cc(Cl)cc3c2OCC3)c1. The second-order valence-corrected chi connectivity index (χ2v) is 5.88. The van der Waals surface area contributed by atoms with Gasteiger partial charge in [-0.1, -0.05) is 17.7 Å². The number of aryl methyl sites for hydroxylation is 1. The molecule has 0 N–H and O–H groups in total. The topological polar surface area (TPSA) is 9.23 Å². The molecular weight excluding hydrogens is 298 g/mol. The van der Waals surface area contributed by atoms with Gasteiger partial charge in [0.1, 0.15) is 11.6 Å². The maximum Gasteiger partial charge on any atom is 0.127 e. The minimum absolute atomic E-state index is 0.287. The minimum Gasteiger partial charge on any atom is -0.493 e. The third-order valence-corrected chi connectivity index (χ3v) is 4.11. The summed E-state index contributed by atoms with van der Waals surface area (Å²) < 4.78 is 19.2. The molecule has 0 aromatic heterocycles. The molecule has 0 aliphatic carbocycles. The van der Waals surface area contributed by atoms with Crippen molar-refractivity contribution in [1.29, 1.82) is 0 Å². The number of fused-ring (bicyclic) bond motifs is 1. The molecule has 1 nitrogen and oxygen atoms in total. The first kappa shape index (κ1) is 13.7. The van der Waals surface area contributed by atoms with E-state index in [0.717, 1.165) is 28.9 Å². The van der Waals surface area contributed by atoms with Crippen molar-refractivity contribution >= 4 is 23.2 Å². The normalized spacial score (nSPS) is 14.8. The van der Waals surface area contributed by atoms with Crippen LogP contribution in [0.1, 0.15) is 27.6 Å². The number of halogens is 3. The predicted octanol–water partition coefficient (Wildman–Crippen LogP) is 5.05. The van der Waals surface area contributed by atoms with Gasteiger partial charge in [-0.15, -0.1) is 11.6 Å². The summed E-state index contributed by atoms with van der Waals surface area (Å²) in [5.41, 5.74) is 3.41. The highest BCUT2D eigenvalue weighted by molar-refractivity contribution is 6.31. The number of hydrogen-bond donors (Lipinski definition) is 0. The molecule has 3 rings (SSSR count). The van der Waals surface area contributed by atoms with Gasteiger partial charge in [0, 0.05) is 17.0 Å². The molecule has 0 radical (unpaired) electrons. The fourth-order valence-electron chi connectivity index (χ4n) is 2.58. The Morgan fingerprint density at radius 1 is 1.20 bits per heavy atom. The van der Waals surface area contributed by atoms with Crippen LogP contribution in [0.15, 0.2) is 30.3 Å². The molecule has 2 aromatic rings. The van der Waals surface area contributed by atoms with Crippen LogP contribution < -0.4 is 4.74 Å². The van der Waals surface area contributed by atoms with E-state index in [1.807, 2.05) is 19.1 Å². The lowest BCUT2D eigenvalue weighted by Crippen LogP contribution is -1.99. The second-order valence-electron chi connectivity index (χ2n) is 5.01. The summed E-state index contributed by atoms with van der Waals surface area (Å²) in [6.07, 6.45) is 0.828. The molecule has 1 heterocycles. The highest BCUT2D eigenvalue weighted by Gasteiger charge is 2.23. The number of benzene rings is 2. The Kier molecular flexibility index (Phi) is 3.61.